The Hall–Kier alpha value is 0.230. The molecule has 0 aromatic rings. The van der Waals surface area contributed by atoms with Crippen LogP contribution < -0.4 is 0 Å². The summed E-state index contributed by atoms with van der Waals surface area (Å²) in [6.45, 7) is 7.91. The van der Waals surface area contributed by atoms with Gasteiger partial charge >= 0.3 is 5.97 Å². The molecule has 0 rings (SSSR count). The van der Waals surface area contributed by atoms with E-state index >= 15 is 0 Å². The minimum atomic E-state index is -1.71. The molecule has 0 aliphatic rings. The van der Waals surface area contributed by atoms with Crippen LogP contribution in [0.4, 0.5) is 0 Å². The number of unbranched alkanes of at least 4 members (excludes halogenated alkanes) is 31. The molecule has 0 aromatic carbocycles. The first kappa shape index (κ1) is 48.2. The second kappa shape index (κ2) is 40.0. The molecule has 0 aliphatic carbocycles. The Labute approximate surface area is 309 Å². The van der Waals surface area contributed by atoms with E-state index in [0.29, 0.717) is 13.2 Å². The maximum Gasteiger partial charge on any atom is 0.315 e. The maximum atomic E-state index is 14.2. The summed E-state index contributed by atoms with van der Waals surface area (Å²) in [6.07, 6.45) is 46.4. The van der Waals surface area contributed by atoms with Crippen LogP contribution in [0, 0.1) is 5.92 Å². The fraction of sp³-hybridized carbons (Fsp3) is 1.00. The van der Waals surface area contributed by atoms with Crippen LogP contribution in [0.3, 0.4) is 0 Å². The van der Waals surface area contributed by atoms with Crippen LogP contribution in [0.5, 0.6) is 0 Å². The first-order valence-corrected chi connectivity index (χ1v) is 22.9. The molecule has 0 fully saturated rings. The average molecular weight is 698 g/mol. The van der Waals surface area contributed by atoms with Crippen molar-refractivity contribution >= 4 is 12.6 Å². The molecule has 0 aromatic heterocycles. The standard InChI is InChI=1S/C44H89O3S/c1-4-7-10-13-16-19-22-24-26-29-32-35-38-43(39-42-48)44(45,46-40-36-33-30-27-21-18-15-12-9-6-3)47-41-37-34-31-28-25-23-20-17-14-11-8-5-2/h43,48H,4-42H2,1-3H3. The molecule has 0 aliphatic heterocycles. The van der Waals surface area contributed by atoms with Gasteiger partial charge in [0.15, 0.2) is 0 Å². The van der Waals surface area contributed by atoms with E-state index in [1.807, 2.05) is 0 Å². The Balaban J connectivity index is 4.47. The van der Waals surface area contributed by atoms with Gasteiger partial charge in [-0.1, -0.05) is 226 Å². The quantitative estimate of drug-likeness (QED) is 0.0392. The molecular formula is C44H89O3S. The normalized spacial score (nSPS) is 13.7. The third-order valence-electron chi connectivity index (χ3n) is 10.5. The highest BCUT2D eigenvalue weighted by molar-refractivity contribution is 7.80. The topological polar surface area (TPSA) is 38.4 Å². The van der Waals surface area contributed by atoms with Gasteiger partial charge in [0.1, 0.15) is 0 Å². The van der Waals surface area contributed by atoms with Gasteiger partial charge in [0.2, 0.25) is 0 Å². The molecule has 2 unspecified atom stereocenters. The van der Waals surface area contributed by atoms with Crippen molar-refractivity contribution in [2.45, 2.75) is 258 Å². The SMILES string of the molecule is CCCCCCCCCCCCCCOC([O])(OCCCCCCCCCCCC)C(CCS)CCCCCCCCCCCCCC. The van der Waals surface area contributed by atoms with Gasteiger partial charge in [-0.3, -0.25) is 0 Å². The fourth-order valence-electron chi connectivity index (χ4n) is 7.12. The molecule has 0 amide bonds. The number of ether oxygens (including phenoxy) is 2. The van der Waals surface area contributed by atoms with Crippen LogP contribution in [0.15, 0.2) is 0 Å². The first-order chi connectivity index (χ1) is 23.6. The lowest BCUT2D eigenvalue weighted by Gasteiger charge is -2.33. The Kier molecular flexibility index (Phi) is 40.2. The van der Waals surface area contributed by atoms with E-state index in [0.717, 1.165) is 50.7 Å². The van der Waals surface area contributed by atoms with Gasteiger partial charge < -0.3 is 9.47 Å². The minimum Gasteiger partial charge on any atom is -0.325 e. The molecule has 0 heterocycles. The van der Waals surface area contributed by atoms with E-state index in [4.69, 9.17) is 9.47 Å². The molecule has 3 nitrogen and oxygen atoms in total. The lowest BCUT2D eigenvalue weighted by Crippen LogP contribution is -2.43. The highest BCUT2D eigenvalue weighted by atomic mass is 32.1. The van der Waals surface area contributed by atoms with Crippen LogP contribution >= 0.6 is 12.6 Å². The van der Waals surface area contributed by atoms with E-state index in [-0.39, 0.29) is 5.92 Å². The molecule has 1 radical (unpaired) electrons. The van der Waals surface area contributed by atoms with Crippen molar-refractivity contribution < 1.29 is 14.6 Å². The minimum absolute atomic E-state index is 0.112. The number of hydrogen-bond acceptors (Lipinski definition) is 3. The van der Waals surface area contributed by atoms with Crippen LogP contribution in [-0.2, 0) is 14.6 Å². The van der Waals surface area contributed by atoms with Gasteiger partial charge in [-0.15, -0.1) is 0 Å². The number of thiol groups is 1. The lowest BCUT2D eigenvalue weighted by molar-refractivity contribution is -0.414. The Morgan fingerprint density at radius 2 is 0.625 bits per heavy atom. The highest BCUT2D eigenvalue weighted by Crippen LogP contribution is 2.31. The van der Waals surface area contributed by atoms with E-state index in [1.165, 1.54) is 186 Å². The van der Waals surface area contributed by atoms with Crippen molar-refractivity contribution in [1.82, 2.24) is 0 Å². The average Bonchev–Trinajstić information content (AvgIpc) is 3.09. The third kappa shape index (κ3) is 33.4. The number of hydrogen-bond donors (Lipinski definition) is 1. The van der Waals surface area contributed by atoms with E-state index < -0.39 is 5.97 Å². The van der Waals surface area contributed by atoms with Gasteiger partial charge in [-0.2, -0.15) is 17.7 Å². The molecule has 0 N–H and O–H groups in total. The van der Waals surface area contributed by atoms with Crippen LogP contribution in [0.2, 0.25) is 0 Å². The monoisotopic (exact) mass is 698 g/mol. The fourth-order valence-corrected chi connectivity index (χ4v) is 7.44. The molecule has 0 bridgehead atoms. The predicted molar refractivity (Wildman–Crippen MR) is 216 cm³/mol. The molecule has 4 heteroatoms. The van der Waals surface area contributed by atoms with Crippen LogP contribution in [0.25, 0.3) is 0 Å². The highest BCUT2D eigenvalue weighted by Gasteiger charge is 2.40. The summed E-state index contributed by atoms with van der Waals surface area (Å²) in [6, 6.07) is 0. The van der Waals surface area contributed by atoms with E-state index in [1.54, 1.807) is 0 Å². The summed E-state index contributed by atoms with van der Waals surface area (Å²) in [7, 11) is 0. The largest absolute Gasteiger partial charge is 0.325 e. The van der Waals surface area contributed by atoms with Crippen molar-refractivity contribution in [3.63, 3.8) is 0 Å². The molecule has 0 saturated carbocycles. The molecule has 0 spiro atoms. The summed E-state index contributed by atoms with van der Waals surface area (Å²) in [4.78, 5) is 0. The van der Waals surface area contributed by atoms with Gasteiger partial charge in [0.05, 0.1) is 13.2 Å². The van der Waals surface area contributed by atoms with Gasteiger partial charge in [-0.25, -0.2) is 0 Å². The van der Waals surface area contributed by atoms with Crippen LogP contribution in [-0.4, -0.2) is 24.9 Å². The second-order valence-electron chi connectivity index (χ2n) is 15.3. The summed E-state index contributed by atoms with van der Waals surface area (Å²) >= 11 is 4.56. The van der Waals surface area contributed by atoms with Gasteiger partial charge in [0.25, 0.3) is 0 Å². The Bertz CT molecular complexity index is 587. The Morgan fingerprint density at radius 1 is 0.375 bits per heavy atom. The van der Waals surface area contributed by atoms with Crippen molar-refractivity contribution in [3.05, 3.63) is 0 Å². The second-order valence-corrected chi connectivity index (χ2v) is 15.7. The maximum absolute atomic E-state index is 14.2. The zero-order valence-corrected chi connectivity index (χ0v) is 34.2. The van der Waals surface area contributed by atoms with Gasteiger partial charge in [0, 0.05) is 5.92 Å². The van der Waals surface area contributed by atoms with E-state index in [9.17, 15) is 5.11 Å². The molecule has 48 heavy (non-hydrogen) atoms. The molecule has 0 saturated heterocycles. The smallest absolute Gasteiger partial charge is 0.315 e. The van der Waals surface area contributed by atoms with Crippen molar-refractivity contribution in [2.75, 3.05) is 19.0 Å². The number of rotatable bonds is 42. The lowest BCUT2D eigenvalue weighted by atomic mass is 9.95. The third-order valence-corrected chi connectivity index (χ3v) is 10.7. The zero-order chi connectivity index (χ0) is 35.1. The van der Waals surface area contributed by atoms with Crippen molar-refractivity contribution in [3.8, 4) is 0 Å². The zero-order valence-electron chi connectivity index (χ0n) is 33.3. The van der Waals surface area contributed by atoms with Crippen LogP contribution in [0.1, 0.15) is 252 Å². The van der Waals surface area contributed by atoms with Crippen molar-refractivity contribution in [2.24, 2.45) is 5.92 Å². The van der Waals surface area contributed by atoms with E-state index in [2.05, 4.69) is 33.4 Å². The Morgan fingerprint density at radius 3 is 0.896 bits per heavy atom. The first-order valence-electron chi connectivity index (χ1n) is 22.2. The summed E-state index contributed by atoms with van der Waals surface area (Å²) in [5, 5.41) is 14.2. The van der Waals surface area contributed by atoms with Crippen molar-refractivity contribution in [1.29, 1.82) is 0 Å². The molecular weight excluding hydrogens is 609 g/mol. The molecule has 289 valence electrons. The summed E-state index contributed by atoms with van der Waals surface area (Å²) < 4.78 is 12.3. The predicted octanol–water partition coefficient (Wildman–Crippen LogP) is 15.8. The summed E-state index contributed by atoms with van der Waals surface area (Å²) in [5.74, 6) is -1.10. The summed E-state index contributed by atoms with van der Waals surface area (Å²) in [5.41, 5.74) is 0. The molecule has 2 atom stereocenters. The van der Waals surface area contributed by atoms with Gasteiger partial charge in [-0.05, 0) is 31.4 Å².